The Labute approximate surface area is 176 Å². The molecule has 1 aliphatic carbocycles. The van der Waals surface area contributed by atoms with Crippen molar-refractivity contribution in [3.8, 4) is 11.5 Å². The molecule has 1 aromatic rings. The molecule has 1 fully saturated rings. The summed E-state index contributed by atoms with van der Waals surface area (Å²) in [5, 5.41) is 14.4. The lowest BCUT2D eigenvalue weighted by Crippen LogP contribution is -2.46. The summed E-state index contributed by atoms with van der Waals surface area (Å²) < 4.78 is 15.7. The largest absolute Gasteiger partial charge is 0.493 e. The van der Waals surface area contributed by atoms with Crippen LogP contribution in [0.4, 0.5) is 5.69 Å². The van der Waals surface area contributed by atoms with E-state index in [4.69, 9.17) is 19.9 Å². The molecular weight excluding hydrogens is 402 g/mol. The number of nitro benzene ring substituents is 1. The Morgan fingerprint density at radius 3 is 2.48 bits per heavy atom. The number of nitro groups is 1. The van der Waals surface area contributed by atoms with Crippen LogP contribution in [0.2, 0.25) is 0 Å². The quantitative estimate of drug-likeness (QED) is 0.331. The molecular formula is C19H30ClN3O6. The number of methoxy groups -OCH3 is 2. The summed E-state index contributed by atoms with van der Waals surface area (Å²) in [4.78, 5) is 23.8. The van der Waals surface area contributed by atoms with Crippen molar-refractivity contribution in [1.29, 1.82) is 0 Å². The average molecular weight is 432 g/mol. The van der Waals surface area contributed by atoms with E-state index in [1.165, 1.54) is 32.8 Å². The minimum absolute atomic E-state index is 0. The van der Waals surface area contributed by atoms with E-state index in [0.717, 1.165) is 25.7 Å². The van der Waals surface area contributed by atoms with Crippen molar-refractivity contribution in [1.82, 2.24) is 5.32 Å². The molecule has 1 aromatic carbocycles. The maximum absolute atomic E-state index is 12.8. The molecule has 0 heterocycles. The van der Waals surface area contributed by atoms with Crippen LogP contribution in [0, 0.1) is 16.0 Å². The standard InChI is InChI=1S/C19H29N3O6.ClH/c1-26-8-9-28-18-11-16(22(24)25)14(10-17(18)27-2)19(23)21-15(12-20)13-6-4-3-5-7-13;/h10-11,13,15H,3-9,12,20H2,1-2H3,(H,21,23);1H. The van der Waals surface area contributed by atoms with Gasteiger partial charge in [-0.05, 0) is 18.8 Å². The number of amides is 1. The predicted molar refractivity (Wildman–Crippen MR) is 111 cm³/mol. The molecule has 0 saturated heterocycles. The number of hydrogen-bond acceptors (Lipinski definition) is 7. The summed E-state index contributed by atoms with van der Waals surface area (Å²) in [5.74, 6) is 0.189. The maximum Gasteiger partial charge on any atom is 0.286 e. The molecule has 1 aliphatic rings. The molecule has 29 heavy (non-hydrogen) atoms. The molecule has 9 nitrogen and oxygen atoms in total. The van der Waals surface area contributed by atoms with Gasteiger partial charge < -0.3 is 25.3 Å². The van der Waals surface area contributed by atoms with Crippen LogP contribution < -0.4 is 20.5 Å². The van der Waals surface area contributed by atoms with E-state index in [2.05, 4.69) is 5.32 Å². The van der Waals surface area contributed by atoms with E-state index in [1.54, 1.807) is 0 Å². The minimum atomic E-state index is -0.602. The molecule has 0 radical (unpaired) electrons. The smallest absolute Gasteiger partial charge is 0.286 e. The Hall–Kier alpha value is -2.10. The predicted octanol–water partition coefficient (Wildman–Crippen LogP) is 2.69. The average Bonchev–Trinajstić information content (AvgIpc) is 2.72. The first-order valence-corrected chi connectivity index (χ1v) is 9.50. The van der Waals surface area contributed by atoms with Gasteiger partial charge in [0.2, 0.25) is 0 Å². The van der Waals surface area contributed by atoms with Gasteiger partial charge in [-0.15, -0.1) is 12.4 Å². The van der Waals surface area contributed by atoms with Crippen molar-refractivity contribution in [2.24, 2.45) is 11.7 Å². The van der Waals surface area contributed by atoms with Crippen LogP contribution in [-0.4, -0.2) is 50.9 Å². The monoisotopic (exact) mass is 431 g/mol. The third-order valence-electron chi connectivity index (χ3n) is 5.06. The van der Waals surface area contributed by atoms with Crippen LogP contribution >= 0.6 is 12.4 Å². The van der Waals surface area contributed by atoms with Crippen LogP contribution in [0.25, 0.3) is 0 Å². The van der Waals surface area contributed by atoms with E-state index < -0.39 is 10.8 Å². The van der Waals surface area contributed by atoms with Gasteiger partial charge in [0, 0.05) is 25.8 Å². The summed E-state index contributed by atoms with van der Waals surface area (Å²) in [6.07, 6.45) is 5.41. The van der Waals surface area contributed by atoms with Gasteiger partial charge in [0.25, 0.3) is 11.6 Å². The molecule has 0 spiro atoms. The summed E-state index contributed by atoms with van der Waals surface area (Å²) >= 11 is 0. The number of carbonyl (C=O) groups excluding carboxylic acids is 1. The van der Waals surface area contributed by atoms with Gasteiger partial charge in [-0.25, -0.2) is 0 Å². The lowest BCUT2D eigenvalue weighted by Gasteiger charge is -2.30. The normalized spacial score (nSPS) is 15.1. The van der Waals surface area contributed by atoms with Crippen LogP contribution in [0.3, 0.4) is 0 Å². The molecule has 1 unspecified atom stereocenters. The van der Waals surface area contributed by atoms with Crippen LogP contribution in [-0.2, 0) is 4.74 Å². The third-order valence-corrected chi connectivity index (χ3v) is 5.06. The van der Waals surface area contributed by atoms with E-state index >= 15 is 0 Å². The van der Waals surface area contributed by atoms with Gasteiger partial charge in [-0.1, -0.05) is 19.3 Å². The number of nitrogens with one attached hydrogen (secondary N) is 1. The van der Waals surface area contributed by atoms with Crippen LogP contribution in [0.5, 0.6) is 11.5 Å². The molecule has 10 heteroatoms. The van der Waals surface area contributed by atoms with E-state index in [1.807, 2.05) is 0 Å². The first-order valence-electron chi connectivity index (χ1n) is 9.50. The first-order chi connectivity index (χ1) is 13.5. The highest BCUT2D eigenvalue weighted by Crippen LogP contribution is 2.35. The SMILES string of the molecule is COCCOc1cc([N+](=O)[O-])c(C(=O)NC(CN)C2CCCCC2)cc1OC.Cl. The van der Waals surface area contributed by atoms with E-state index in [-0.39, 0.29) is 47.8 Å². The minimum Gasteiger partial charge on any atom is -0.493 e. The zero-order valence-corrected chi connectivity index (χ0v) is 17.7. The Morgan fingerprint density at radius 1 is 1.24 bits per heavy atom. The zero-order valence-electron chi connectivity index (χ0n) is 16.8. The van der Waals surface area contributed by atoms with Gasteiger partial charge in [0.1, 0.15) is 12.2 Å². The molecule has 3 N–H and O–H groups in total. The molecule has 0 aliphatic heterocycles. The summed E-state index contributed by atoms with van der Waals surface area (Å²) in [7, 11) is 2.94. The highest BCUT2D eigenvalue weighted by atomic mass is 35.5. The Morgan fingerprint density at radius 2 is 1.93 bits per heavy atom. The molecule has 1 saturated carbocycles. The van der Waals surface area contributed by atoms with Gasteiger partial charge in [-0.3, -0.25) is 14.9 Å². The Kier molecular flexibility index (Phi) is 10.7. The van der Waals surface area contributed by atoms with E-state index in [9.17, 15) is 14.9 Å². The third kappa shape index (κ3) is 6.73. The molecule has 0 bridgehead atoms. The lowest BCUT2D eigenvalue weighted by atomic mass is 9.84. The number of ether oxygens (including phenoxy) is 3. The Balaban J connectivity index is 0.00000420. The van der Waals surface area contributed by atoms with Crippen molar-refractivity contribution in [2.45, 2.75) is 38.1 Å². The van der Waals surface area contributed by atoms with Crippen LogP contribution in [0.15, 0.2) is 12.1 Å². The van der Waals surface area contributed by atoms with Crippen molar-refractivity contribution in [3.05, 3.63) is 27.8 Å². The fourth-order valence-corrected chi connectivity index (χ4v) is 3.54. The number of nitrogens with two attached hydrogens (primary N) is 1. The van der Waals surface area contributed by atoms with Gasteiger partial charge in [0.15, 0.2) is 11.5 Å². The fraction of sp³-hybridized carbons (Fsp3) is 0.632. The topological polar surface area (TPSA) is 126 Å². The number of rotatable bonds is 10. The maximum atomic E-state index is 12.8. The highest BCUT2D eigenvalue weighted by molar-refractivity contribution is 5.99. The molecule has 164 valence electrons. The highest BCUT2D eigenvalue weighted by Gasteiger charge is 2.29. The second-order valence-corrected chi connectivity index (χ2v) is 6.83. The second-order valence-electron chi connectivity index (χ2n) is 6.83. The lowest BCUT2D eigenvalue weighted by molar-refractivity contribution is -0.385. The van der Waals surface area contributed by atoms with Crippen molar-refractivity contribution < 1.29 is 23.9 Å². The fourth-order valence-electron chi connectivity index (χ4n) is 3.54. The van der Waals surface area contributed by atoms with Gasteiger partial charge in [-0.2, -0.15) is 0 Å². The number of benzene rings is 1. The number of nitrogens with zero attached hydrogens (tertiary/aromatic N) is 1. The second kappa shape index (κ2) is 12.5. The van der Waals surface area contributed by atoms with E-state index in [0.29, 0.717) is 19.1 Å². The van der Waals surface area contributed by atoms with Crippen LogP contribution in [0.1, 0.15) is 42.5 Å². The number of hydrogen-bond donors (Lipinski definition) is 2. The molecule has 1 atom stereocenters. The van der Waals surface area contributed by atoms with Gasteiger partial charge in [0.05, 0.1) is 24.7 Å². The molecule has 2 rings (SSSR count). The summed E-state index contributed by atoms with van der Waals surface area (Å²) in [5.41, 5.74) is 5.45. The zero-order chi connectivity index (χ0) is 20.5. The van der Waals surface area contributed by atoms with Gasteiger partial charge >= 0.3 is 0 Å². The number of halogens is 1. The van der Waals surface area contributed by atoms with Crippen molar-refractivity contribution in [2.75, 3.05) is 34.0 Å². The Bertz CT molecular complexity index is 682. The van der Waals surface area contributed by atoms with Crippen molar-refractivity contribution >= 4 is 24.0 Å². The molecule has 0 aromatic heterocycles. The van der Waals surface area contributed by atoms with Crippen molar-refractivity contribution in [3.63, 3.8) is 0 Å². The number of carbonyl (C=O) groups is 1. The summed E-state index contributed by atoms with van der Waals surface area (Å²) in [6.45, 7) is 0.810. The molecule has 1 amide bonds. The summed E-state index contributed by atoms with van der Waals surface area (Å²) in [6, 6.07) is 2.34. The first kappa shape index (κ1) is 24.9.